The summed E-state index contributed by atoms with van der Waals surface area (Å²) < 4.78 is 0. The van der Waals surface area contributed by atoms with Crippen molar-refractivity contribution in [1.82, 2.24) is 10.3 Å². The van der Waals surface area contributed by atoms with Crippen LogP contribution in [0.2, 0.25) is 0 Å². The summed E-state index contributed by atoms with van der Waals surface area (Å²) in [6.45, 7) is 1.56. The third-order valence-electron chi connectivity index (χ3n) is 1.45. The number of aromatic nitrogens is 1. The first kappa shape index (κ1) is 9.38. The van der Waals surface area contributed by atoms with E-state index >= 15 is 0 Å². The van der Waals surface area contributed by atoms with E-state index in [1.165, 1.54) is 6.20 Å². The van der Waals surface area contributed by atoms with Gasteiger partial charge in [0.1, 0.15) is 0 Å². The Labute approximate surface area is 76.0 Å². The van der Waals surface area contributed by atoms with Gasteiger partial charge in [0.25, 0.3) is 5.91 Å². The molecule has 1 unspecified atom stereocenters. The van der Waals surface area contributed by atoms with Crippen LogP contribution in [0.5, 0.6) is 0 Å². The van der Waals surface area contributed by atoms with Gasteiger partial charge in [-0.3, -0.25) is 14.6 Å². The van der Waals surface area contributed by atoms with E-state index in [1.54, 1.807) is 31.5 Å². The van der Waals surface area contributed by atoms with Crippen LogP contribution in [0.25, 0.3) is 0 Å². The summed E-state index contributed by atoms with van der Waals surface area (Å²) in [5, 5.41) is 2.44. The molecule has 67 valence electrons. The second-order valence-corrected chi connectivity index (χ2v) is 2.55. The Bertz CT molecular complexity index is 298. The van der Waals surface area contributed by atoms with E-state index in [4.69, 9.17) is 0 Å². The molecule has 4 heteroatoms. The minimum absolute atomic E-state index is 0.316. The molecule has 0 aliphatic rings. The van der Waals surface area contributed by atoms with Crippen molar-refractivity contribution in [2.75, 3.05) is 0 Å². The lowest BCUT2D eigenvalue weighted by atomic mass is 10.2. The minimum Gasteiger partial charge on any atom is -0.342 e. The van der Waals surface area contributed by atoms with Crippen molar-refractivity contribution in [3.63, 3.8) is 0 Å². The first-order chi connectivity index (χ1) is 6.24. The minimum atomic E-state index is -0.590. The van der Waals surface area contributed by atoms with Crippen molar-refractivity contribution in [2.24, 2.45) is 0 Å². The van der Waals surface area contributed by atoms with Crippen LogP contribution in [0.15, 0.2) is 24.5 Å². The Morgan fingerprint density at radius 3 is 3.00 bits per heavy atom. The standard InChI is InChI=1S/C9H9N2O2/c1-7(6-12)11-9(13)8-3-2-4-10-5-8/h2-5,7H,1H3,(H,11,13). The second kappa shape index (κ2) is 4.35. The van der Waals surface area contributed by atoms with Crippen molar-refractivity contribution < 1.29 is 9.59 Å². The van der Waals surface area contributed by atoms with Crippen molar-refractivity contribution in [1.29, 1.82) is 0 Å². The number of nitrogens with one attached hydrogen (secondary N) is 1. The average molecular weight is 177 g/mol. The van der Waals surface area contributed by atoms with Crippen LogP contribution >= 0.6 is 0 Å². The molecule has 0 aromatic carbocycles. The van der Waals surface area contributed by atoms with Gasteiger partial charge in [0.05, 0.1) is 11.6 Å². The number of carbonyl (C=O) groups excluding carboxylic acids is 2. The summed E-state index contributed by atoms with van der Waals surface area (Å²) in [6.07, 6.45) is 4.68. The second-order valence-electron chi connectivity index (χ2n) is 2.55. The lowest BCUT2D eigenvalue weighted by molar-refractivity contribution is 0.0948. The molecule has 1 aromatic rings. The summed E-state index contributed by atoms with van der Waals surface area (Å²) in [4.78, 5) is 25.2. The maximum atomic E-state index is 11.3. The van der Waals surface area contributed by atoms with E-state index < -0.39 is 6.04 Å². The molecular weight excluding hydrogens is 168 g/mol. The zero-order valence-electron chi connectivity index (χ0n) is 7.15. The molecule has 1 rings (SSSR count). The summed E-state index contributed by atoms with van der Waals surface area (Å²) in [6, 6.07) is 2.69. The van der Waals surface area contributed by atoms with Crippen molar-refractivity contribution in [3.05, 3.63) is 30.1 Å². The lowest BCUT2D eigenvalue weighted by Crippen LogP contribution is -2.33. The van der Waals surface area contributed by atoms with Gasteiger partial charge in [0, 0.05) is 12.4 Å². The van der Waals surface area contributed by atoms with Gasteiger partial charge in [-0.05, 0) is 19.1 Å². The SMILES string of the molecule is CC([C]=O)NC(=O)c1cccnc1. The molecule has 1 heterocycles. The third-order valence-corrected chi connectivity index (χ3v) is 1.45. The number of rotatable bonds is 3. The Kier molecular flexibility index (Phi) is 3.14. The van der Waals surface area contributed by atoms with E-state index in [2.05, 4.69) is 10.3 Å². The summed E-state index contributed by atoms with van der Waals surface area (Å²) in [7, 11) is 0. The first-order valence-corrected chi connectivity index (χ1v) is 3.82. The highest BCUT2D eigenvalue weighted by Crippen LogP contribution is 1.95. The molecule has 0 fully saturated rings. The molecule has 0 aliphatic carbocycles. The van der Waals surface area contributed by atoms with Gasteiger partial charge in [0.2, 0.25) is 6.29 Å². The molecule has 1 atom stereocenters. The smallest absolute Gasteiger partial charge is 0.253 e. The number of hydrogen-bond donors (Lipinski definition) is 1. The molecule has 13 heavy (non-hydrogen) atoms. The molecule has 1 aromatic heterocycles. The largest absolute Gasteiger partial charge is 0.342 e. The average Bonchev–Trinajstić information content (AvgIpc) is 2.19. The maximum Gasteiger partial charge on any atom is 0.253 e. The molecule has 1 N–H and O–H groups in total. The van der Waals surface area contributed by atoms with Crippen LogP contribution in [0.4, 0.5) is 0 Å². The normalized spacial score (nSPS) is 11.8. The van der Waals surface area contributed by atoms with Gasteiger partial charge >= 0.3 is 0 Å². The highest BCUT2D eigenvalue weighted by Gasteiger charge is 2.08. The first-order valence-electron chi connectivity index (χ1n) is 3.82. The number of nitrogens with zero attached hydrogens (tertiary/aromatic N) is 1. The fraction of sp³-hybridized carbons (Fsp3) is 0.222. The van der Waals surface area contributed by atoms with Crippen LogP contribution in [-0.4, -0.2) is 23.2 Å². The monoisotopic (exact) mass is 177 g/mol. The van der Waals surface area contributed by atoms with Crippen LogP contribution < -0.4 is 5.32 Å². The van der Waals surface area contributed by atoms with Crippen LogP contribution in [0, 0.1) is 0 Å². The molecule has 0 saturated carbocycles. The number of pyridine rings is 1. The van der Waals surface area contributed by atoms with E-state index in [0.717, 1.165) is 0 Å². The molecule has 4 nitrogen and oxygen atoms in total. The van der Waals surface area contributed by atoms with Gasteiger partial charge in [0.15, 0.2) is 0 Å². The topological polar surface area (TPSA) is 59.1 Å². The quantitative estimate of drug-likeness (QED) is 0.722. The Morgan fingerprint density at radius 2 is 2.46 bits per heavy atom. The van der Waals surface area contributed by atoms with E-state index in [-0.39, 0.29) is 5.91 Å². The lowest BCUT2D eigenvalue weighted by Gasteiger charge is -2.05. The molecular formula is C9H9N2O2. The Hall–Kier alpha value is -1.71. The Balaban J connectivity index is 2.64. The predicted octanol–water partition coefficient (Wildman–Crippen LogP) is 0.310. The third kappa shape index (κ3) is 2.66. The summed E-state index contributed by atoms with van der Waals surface area (Å²) in [5.74, 6) is -0.316. The number of carbonyl (C=O) groups is 1. The van der Waals surface area contributed by atoms with Crippen LogP contribution in [-0.2, 0) is 4.79 Å². The van der Waals surface area contributed by atoms with Crippen molar-refractivity contribution in [3.8, 4) is 0 Å². The highest BCUT2D eigenvalue weighted by atomic mass is 16.2. The van der Waals surface area contributed by atoms with E-state index in [0.29, 0.717) is 5.56 Å². The zero-order valence-corrected chi connectivity index (χ0v) is 7.15. The fourth-order valence-corrected chi connectivity index (χ4v) is 0.807. The fourth-order valence-electron chi connectivity index (χ4n) is 0.807. The van der Waals surface area contributed by atoms with Crippen molar-refractivity contribution in [2.45, 2.75) is 13.0 Å². The van der Waals surface area contributed by atoms with Gasteiger partial charge in [-0.15, -0.1) is 0 Å². The zero-order chi connectivity index (χ0) is 9.68. The molecule has 1 radical (unpaired) electrons. The van der Waals surface area contributed by atoms with Gasteiger partial charge in [-0.2, -0.15) is 0 Å². The molecule has 0 spiro atoms. The Morgan fingerprint density at radius 1 is 1.69 bits per heavy atom. The van der Waals surface area contributed by atoms with Crippen LogP contribution in [0.3, 0.4) is 0 Å². The summed E-state index contributed by atoms with van der Waals surface area (Å²) in [5.41, 5.74) is 0.435. The number of hydrogen-bond acceptors (Lipinski definition) is 3. The van der Waals surface area contributed by atoms with E-state index in [9.17, 15) is 9.59 Å². The molecule has 0 saturated heterocycles. The van der Waals surface area contributed by atoms with Crippen LogP contribution in [0.1, 0.15) is 17.3 Å². The molecule has 0 aliphatic heterocycles. The number of amides is 1. The van der Waals surface area contributed by atoms with Gasteiger partial charge in [-0.1, -0.05) is 0 Å². The molecule has 1 amide bonds. The maximum absolute atomic E-state index is 11.3. The van der Waals surface area contributed by atoms with E-state index in [1.807, 2.05) is 0 Å². The van der Waals surface area contributed by atoms with Crippen molar-refractivity contribution >= 4 is 12.2 Å². The summed E-state index contributed by atoms with van der Waals surface area (Å²) >= 11 is 0. The molecule has 0 bridgehead atoms. The predicted molar refractivity (Wildman–Crippen MR) is 46.9 cm³/mol. The van der Waals surface area contributed by atoms with Gasteiger partial charge < -0.3 is 5.32 Å². The highest BCUT2D eigenvalue weighted by molar-refractivity contribution is 5.95. The van der Waals surface area contributed by atoms with Gasteiger partial charge in [-0.25, -0.2) is 0 Å².